The third kappa shape index (κ3) is 9.67. The van der Waals surface area contributed by atoms with E-state index < -0.39 is 35.0 Å². The van der Waals surface area contributed by atoms with Gasteiger partial charge in [-0.15, -0.1) is 0 Å². The standard InChI is InChI=1S/C24H39N5O6/c1-22(2,3)33-18(30)17-15-28(11-10-25-17)19-26-12-16(13-27-19)14-29(20(31)34-23(4,5)6)21(32)35-24(7,8)9/h12-13,17,25H,10-11,14-15H2,1-9H3. The van der Waals surface area contributed by atoms with Gasteiger partial charge in [-0.2, -0.15) is 0 Å². The first-order valence-electron chi connectivity index (χ1n) is 11.7. The molecular formula is C24H39N5O6. The van der Waals surface area contributed by atoms with Crippen molar-refractivity contribution in [2.24, 2.45) is 0 Å². The first kappa shape index (κ1) is 28.3. The lowest BCUT2D eigenvalue weighted by Gasteiger charge is -2.34. The molecule has 2 amide bonds. The fraction of sp³-hybridized carbons (Fsp3) is 0.708. The lowest BCUT2D eigenvalue weighted by atomic mass is 10.1. The molecule has 1 unspecified atom stereocenters. The topological polar surface area (TPSA) is 123 Å². The predicted octanol–water partition coefficient (Wildman–Crippen LogP) is 3.27. The normalized spacial score (nSPS) is 16.9. The first-order chi connectivity index (χ1) is 15.9. The molecule has 11 nitrogen and oxygen atoms in total. The summed E-state index contributed by atoms with van der Waals surface area (Å²) in [5.41, 5.74) is -1.63. The van der Waals surface area contributed by atoms with E-state index in [0.717, 1.165) is 4.90 Å². The Bertz CT molecular complexity index is 871. The molecule has 1 aromatic rings. The van der Waals surface area contributed by atoms with E-state index in [4.69, 9.17) is 14.2 Å². The number of carbonyl (C=O) groups excluding carboxylic acids is 3. The third-order valence-electron chi connectivity index (χ3n) is 4.41. The van der Waals surface area contributed by atoms with Crippen molar-refractivity contribution in [1.29, 1.82) is 0 Å². The Morgan fingerprint density at radius 2 is 1.40 bits per heavy atom. The number of amides is 2. The van der Waals surface area contributed by atoms with Gasteiger partial charge in [0.1, 0.15) is 22.8 Å². The molecule has 2 heterocycles. The Morgan fingerprint density at radius 3 is 1.86 bits per heavy atom. The average Bonchev–Trinajstić information content (AvgIpc) is 2.68. The van der Waals surface area contributed by atoms with Crippen LogP contribution in [0.1, 0.15) is 67.9 Å². The number of hydrogen-bond acceptors (Lipinski definition) is 10. The van der Waals surface area contributed by atoms with Gasteiger partial charge in [-0.25, -0.2) is 24.5 Å². The summed E-state index contributed by atoms with van der Waals surface area (Å²) in [6.45, 7) is 17.2. The molecule has 1 atom stereocenters. The zero-order chi connectivity index (χ0) is 26.6. The molecule has 0 aromatic carbocycles. The maximum atomic E-state index is 12.7. The molecule has 11 heteroatoms. The van der Waals surface area contributed by atoms with Crippen molar-refractivity contribution in [2.75, 3.05) is 24.5 Å². The zero-order valence-corrected chi connectivity index (χ0v) is 22.3. The maximum Gasteiger partial charge on any atom is 0.420 e. The van der Waals surface area contributed by atoms with Crippen LogP contribution in [-0.2, 0) is 25.5 Å². The highest BCUT2D eigenvalue weighted by molar-refractivity contribution is 5.88. The number of esters is 1. The highest BCUT2D eigenvalue weighted by Gasteiger charge is 2.32. The van der Waals surface area contributed by atoms with Crippen LogP contribution in [0.25, 0.3) is 0 Å². The molecule has 0 radical (unpaired) electrons. The molecule has 0 saturated carbocycles. The summed E-state index contributed by atoms with van der Waals surface area (Å²) in [6, 6.07) is -0.499. The minimum atomic E-state index is -0.821. The van der Waals surface area contributed by atoms with Gasteiger partial charge in [0.15, 0.2) is 0 Å². The average molecular weight is 494 g/mol. The van der Waals surface area contributed by atoms with E-state index in [2.05, 4.69) is 15.3 Å². The molecule has 196 valence electrons. The summed E-state index contributed by atoms with van der Waals surface area (Å²) in [7, 11) is 0. The monoisotopic (exact) mass is 493 g/mol. The molecule has 1 aliphatic rings. The van der Waals surface area contributed by atoms with E-state index >= 15 is 0 Å². The van der Waals surface area contributed by atoms with E-state index in [0.29, 0.717) is 31.1 Å². The lowest BCUT2D eigenvalue weighted by Crippen LogP contribution is -2.56. The van der Waals surface area contributed by atoms with E-state index in [1.165, 1.54) is 12.4 Å². The van der Waals surface area contributed by atoms with Crippen LogP contribution in [-0.4, -0.2) is 75.5 Å². The van der Waals surface area contributed by atoms with Crippen LogP contribution in [0.15, 0.2) is 12.4 Å². The SMILES string of the molecule is CC(C)(C)OC(=O)C1CN(c2ncc(CN(C(=O)OC(C)(C)C)C(=O)OC(C)(C)C)cn2)CCN1. The Kier molecular flexibility index (Phi) is 8.70. The number of ether oxygens (including phenoxy) is 3. The van der Waals surface area contributed by atoms with Gasteiger partial charge in [0, 0.05) is 37.6 Å². The number of hydrogen-bond donors (Lipinski definition) is 1. The van der Waals surface area contributed by atoms with Crippen LogP contribution < -0.4 is 10.2 Å². The van der Waals surface area contributed by atoms with Gasteiger partial charge in [-0.05, 0) is 62.3 Å². The summed E-state index contributed by atoms with van der Waals surface area (Å²) in [5.74, 6) is 0.106. The van der Waals surface area contributed by atoms with E-state index in [9.17, 15) is 14.4 Å². The number of carbonyl (C=O) groups is 3. The Labute approximate surface area is 207 Å². The van der Waals surface area contributed by atoms with Gasteiger partial charge in [0.25, 0.3) is 0 Å². The highest BCUT2D eigenvalue weighted by atomic mass is 16.6. The van der Waals surface area contributed by atoms with Crippen LogP contribution in [0.4, 0.5) is 15.5 Å². The first-order valence-corrected chi connectivity index (χ1v) is 11.7. The smallest absolute Gasteiger partial charge is 0.420 e. The summed E-state index contributed by atoms with van der Waals surface area (Å²) in [5, 5.41) is 3.16. The van der Waals surface area contributed by atoms with Gasteiger partial charge in [-0.1, -0.05) is 0 Å². The molecule has 1 saturated heterocycles. The predicted molar refractivity (Wildman–Crippen MR) is 130 cm³/mol. The van der Waals surface area contributed by atoms with Crippen molar-refractivity contribution < 1.29 is 28.6 Å². The summed E-state index contributed by atoms with van der Waals surface area (Å²) < 4.78 is 16.2. The Balaban J connectivity index is 2.13. The van der Waals surface area contributed by atoms with Gasteiger partial charge < -0.3 is 24.4 Å². The molecule has 1 N–H and O–H groups in total. The molecular weight excluding hydrogens is 454 g/mol. The second-order valence-corrected chi connectivity index (χ2v) is 11.4. The fourth-order valence-corrected chi connectivity index (χ4v) is 3.08. The minimum absolute atomic E-state index is 0.119. The van der Waals surface area contributed by atoms with Crippen LogP contribution in [0.2, 0.25) is 0 Å². The second kappa shape index (κ2) is 10.8. The number of imide groups is 1. The zero-order valence-electron chi connectivity index (χ0n) is 22.3. The number of rotatable bonds is 4. The molecule has 2 rings (SSSR count). The molecule has 35 heavy (non-hydrogen) atoms. The van der Waals surface area contributed by atoms with E-state index in [1.54, 1.807) is 41.5 Å². The summed E-state index contributed by atoms with van der Waals surface area (Å²) in [6.07, 6.45) is 1.43. The number of nitrogens with zero attached hydrogens (tertiary/aromatic N) is 4. The van der Waals surface area contributed by atoms with Crippen molar-refractivity contribution in [3.05, 3.63) is 18.0 Å². The molecule has 1 fully saturated rings. The highest BCUT2D eigenvalue weighted by Crippen LogP contribution is 2.18. The van der Waals surface area contributed by atoms with Crippen LogP contribution in [0.3, 0.4) is 0 Å². The maximum absolute atomic E-state index is 12.7. The van der Waals surface area contributed by atoms with Gasteiger partial charge in [0.2, 0.25) is 5.95 Å². The van der Waals surface area contributed by atoms with Crippen molar-refractivity contribution in [3.8, 4) is 0 Å². The van der Waals surface area contributed by atoms with Gasteiger partial charge >= 0.3 is 18.2 Å². The van der Waals surface area contributed by atoms with Crippen molar-refractivity contribution in [1.82, 2.24) is 20.2 Å². The molecule has 1 aliphatic heterocycles. The number of nitrogens with one attached hydrogen (secondary N) is 1. The second-order valence-electron chi connectivity index (χ2n) is 11.4. The van der Waals surface area contributed by atoms with E-state index in [-0.39, 0.29) is 12.5 Å². The molecule has 0 spiro atoms. The Hall–Kier alpha value is -2.95. The summed E-state index contributed by atoms with van der Waals surface area (Å²) >= 11 is 0. The number of piperazine rings is 1. The molecule has 0 bridgehead atoms. The van der Waals surface area contributed by atoms with Crippen LogP contribution in [0, 0.1) is 0 Å². The number of anilines is 1. The van der Waals surface area contributed by atoms with E-state index in [1.807, 2.05) is 25.7 Å². The fourth-order valence-electron chi connectivity index (χ4n) is 3.08. The quantitative estimate of drug-likeness (QED) is 0.494. The minimum Gasteiger partial charge on any atom is -0.459 e. The van der Waals surface area contributed by atoms with Crippen molar-refractivity contribution >= 4 is 24.1 Å². The Morgan fingerprint density at radius 1 is 0.914 bits per heavy atom. The number of aromatic nitrogens is 2. The summed E-state index contributed by atoms with van der Waals surface area (Å²) in [4.78, 5) is 49.4. The van der Waals surface area contributed by atoms with Gasteiger partial charge in [-0.3, -0.25) is 4.79 Å². The lowest BCUT2D eigenvalue weighted by molar-refractivity contribution is -0.157. The van der Waals surface area contributed by atoms with Crippen LogP contribution in [0.5, 0.6) is 0 Å². The van der Waals surface area contributed by atoms with Crippen molar-refractivity contribution in [3.63, 3.8) is 0 Å². The molecule has 0 aliphatic carbocycles. The van der Waals surface area contributed by atoms with Crippen molar-refractivity contribution in [2.45, 2.75) is 91.7 Å². The van der Waals surface area contributed by atoms with Gasteiger partial charge in [0.05, 0.1) is 6.54 Å². The largest absolute Gasteiger partial charge is 0.459 e. The third-order valence-corrected chi connectivity index (χ3v) is 4.41. The molecule has 1 aromatic heterocycles. The van der Waals surface area contributed by atoms with Crippen LogP contribution >= 0.6 is 0 Å².